The molecule has 1 unspecified atom stereocenters. The van der Waals surface area contributed by atoms with Gasteiger partial charge in [-0.1, -0.05) is 0 Å². The summed E-state index contributed by atoms with van der Waals surface area (Å²) in [6, 6.07) is 4.46. The zero-order valence-corrected chi connectivity index (χ0v) is 18.5. The van der Waals surface area contributed by atoms with Gasteiger partial charge in [-0.3, -0.25) is 5.32 Å². The van der Waals surface area contributed by atoms with Crippen LogP contribution in [-0.4, -0.2) is 39.6 Å². The van der Waals surface area contributed by atoms with Crippen LogP contribution < -0.4 is 10.1 Å². The Labute approximate surface area is 180 Å². The van der Waals surface area contributed by atoms with Crippen molar-refractivity contribution in [1.29, 1.82) is 0 Å². The van der Waals surface area contributed by atoms with E-state index in [0.29, 0.717) is 10.4 Å². The highest BCUT2D eigenvalue weighted by Crippen LogP contribution is 2.31. The molecule has 0 bridgehead atoms. The van der Waals surface area contributed by atoms with Crippen molar-refractivity contribution in [2.24, 2.45) is 0 Å². The Morgan fingerprint density at radius 2 is 2.03 bits per heavy atom. The van der Waals surface area contributed by atoms with Crippen LogP contribution in [0.2, 0.25) is 0 Å². The molecule has 0 saturated heterocycles. The number of ether oxygens (including phenoxy) is 4. The number of hydrogen-bond donors (Lipinski definition) is 1. The molecule has 0 aliphatic rings. The van der Waals surface area contributed by atoms with Gasteiger partial charge in [-0.15, -0.1) is 11.3 Å². The summed E-state index contributed by atoms with van der Waals surface area (Å²) < 4.78 is 35.0. The largest absolute Gasteiger partial charge is 0.467 e. The lowest BCUT2D eigenvalue weighted by molar-refractivity contribution is -0.146. The smallest absolute Gasteiger partial charge is 0.339 e. The molecule has 1 aromatic heterocycles. The van der Waals surface area contributed by atoms with Gasteiger partial charge >= 0.3 is 11.9 Å². The van der Waals surface area contributed by atoms with E-state index in [-0.39, 0.29) is 31.3 Å². The number of benzene rings is 1. The molecule has 1 heterocycles. The minimum Gasteiger partial charge on any atom is -0.467 e. The fourth-order valence-electron chi connectivity index (χ4n) is 2.55. The number of halogens is 2. The van der Waals surface area contributed by atoms with Crippen LogP contribution in [0.25, 0.3) is 0 Å². The second-order valence-electron chi connectivity index (χ2n) is 5.68. The summed E-state index contributed by atoms with van der Waals surface area (Å²) in [7, 11) is 2.74. The zero-order chi connectivity index (χ0) is 21.4. The van der Waals surface area contributed by atoms with Crippen molar-refractivity contribution in [3.63, 3.8) is 0 Å². The molecule has 29 heavy (non-hydrogen) atoms. The summed E-state index contributed by atoms with van der Waals surface area (Å²) >= 11 is 4.66. The van der Waals surface area contributed by atoms with Gasteiger partial charge in [0.2, 0.25) is 0 Å². The highest BCUT2D eigenvalue weighted by atomic mass is 79.9. The summed E-state index contributed by atoms with van der Waals surface area (Å²) in [6.07, 6.45) is 0. The number of carbonyl (C=O) groups excluding carboxylic acids is 2. The first-order chi connectivity index (χ1) is 13.9. The molecule has 0 radical (unpaired) electrons. The van der Waals surface area contributed by atoms with Crippen LogP contribution in [0.1, 0.15) is 33.8 Å². The molecule has 0 spiro atoms. The first-order valence-corrected chi connectivity index (χ1v) is 10.2. The Balaban J connectivity index is 2.35. The van der Waals surface area contributed by atoms with Crippen molar-refractivity contribution < 1.29 is 32.9 Å². The molecular weight excluding hydrogens is 469 g/mol. The number of rotatable bonds is 10. The summed E-state index contributed by atoms with van der Waals surface area (Å²) in [5, 5.41) is 3.03. The topological polar surface area (TPSA) is 83.1 Å². The standard InChI is InChI=1S/C19H21BrFNO6S/c1-4-27-19(24)17(12-7-11(21)5-6-14(12)28-10-25-2)22-9-15-13(18(23)26-3)8-16(20)29-15/h5-8,17,22H,4,9-10H2,1-3H3. The minimum atomic E-state index is -1.02. The first kappa shape index (κ1) is 23.3. The number of nitrogens with one attached hydrogen (secondary N) is 1. The van der Waals surface area contributed by atoms with Crippen LogP contribution in [0.5, 0.6) is 5.75 Å². The zero-order valence-electron chi connectivity index (χ0n) is 16.1. The highest BCUT2D eigenvalue weighted by Gasteiger charge is 2.27. The summed E-state index contributed by atoms with van der Waals surface area (Å²) in [5.74, 6) is -1.35. The molecule has 0 amide bonds. The van der Waals surface area contributed by atoms with E-state index in [2.05, 4.69) is 21.2 Å². The van der Waals surface area contributed by atoms with Crippen molar-refractivity contribution in [2.75, 3.05) is 27.6 Å². The first-order valence-electron chi connectivity index (χ1n) is 8.58. The Hall–Kier alpha value is -2.01. The van der Waals surface area contributed by atoms with Gasteiger partial charge in [0.1, 0.15) is 17.6 Å². The predicted molar refractivity (Wildman–Crippen MR) is 108 cm³/mol. The quantitative estimate of drug-likeness (QED) is 0.401. The lowest BCUT2D eigenvalue weighted by Crippen LogP contribution is -2.30. The molecule has 2 aromatic rings. The number of hydrogen-bond acceptors (Lipinski definition) is 8. The fourth-order valence-corrected chi connectivity index (χ4v) is 4.18. The normalized spacial score (nSPS) is 11.8. The molecule has 10 heteroatoms. The fraction of sp³-hybridized carbons (Fsp3) is 0.368. The lowest BCUT2D eigenvalue weighted by Gasteiger charge is -2.20. The van der Waals surface area contributed by atoms with Gasteiger partial charge in [0, 0.05) is 24.1 Å². The van der Waals surface area contributed by atoms with Crippen molar-refractivity contribution >= 4 is 39.2 Å². The van der Waals surface area contributed by atoms with E-state index in [1.54, 1.807) is 13.0 Å². The molecule has 0 saturated carbocycles. The van der Waals surface area contributed by atoms with Crippen LogP contribution in [0.15, 0.2) is 28.1 Å². The van der Waals surface area contributed by atoms with E-state index in [4.69, 9.17) is 18.9 Å². The van der Waals surface area contributed by atoms with Gasteiger partial charge in [0.05, 0.1) is 23.1 Å². The molecule has 0 aliphatic carbocycles. The molecule has 0 fully saturated rings. The summed E-state index contributed by atoms with van der Waals surface area (Å²) in [4.78, 5) is 25.2. The SMILES string of the molecule is CCOC(=O)C(NCc1sc(Br)cc1C(=O)OC)c1cc(F)ccc1OCOC. The Morgan fingerprint density at radius 1 is 1.28 bits per heavy atom. The van der Waals surface area contributed by atoms with Gasteiger partial charge in [0.25, 0.3) is 0 Å². The molecule has 158 valence electrons. The van der Waals surface area contributed by atoms with Crippen LogP contribution in [0.3, 0.4) is 0 Å². The van der Waals surface area contributed by atoms with Crippen molar-refractivity contribution in [2.45, 2.75) is 19.5 Å². The third-order valence-electron chi connectivity index (χ3n) is 3.79. The second-order valence-corrected chi connectivity index (χ2v) is 8.19. The number of thiophene rings is 1. The van der Waals surface area contributed by atoms with Crippen molar-refractivity contribution in [3.8, 4) is 5.75 Å². The van der Waals surface area contributed by atoms with Crippen molar-refractivity contribution in [3.05, 3.63) is 49.9 Å². The van der Waals surface area contributed by atoms with Crippen molar-refractivity contribution in [1.82, 2.24) is 5.32 Å². The summed E-state index contributed by atoms with van der Waals surface area (Å²) in [5.41, 5.74) is 0.630. The molecule has 0 aliphatic heterocycles. The Bertz CT molecular complexity index is 859. The average molecular weight is 490 g/mol. The number of esters is 2. The molecule has 1 aromatic carbocycles. The molecule has 1 atom stereocenters. The third kappa shape index (κ3) is 6.23. The molecule has 7 nitrogen and oxygen atoms in total. The average Bonchev–Trinajstić information content (AvgIpc) is 3.07. The van der Waals surface area contributed by atoms with Crippen LogP contribution in [0, 0.1) is 5.82 Å². The van der Waals surface area contributed by atoms with Crippen LogP contribution >= 0.6 is 27.3 Å². The van der Waals surface area contributed by atoms with E-state index < -0.39 is 23.8 Å². The number of methoxy groups -OCH3 is 2. The third-order valence-corrected chi connectivity index (χ3v) is 5.43. The maximum atomic E-state index is 13.9. The van der Waals surface area contributed by atoms with E-state index in [1.165, 1.54) is 43.8 Å². The highest BCUT2D eigenvalue weighted by molar-refractivity contribution is 9.11. The van der Waals surface area contributed by atoms with E-state index >= 15 is 0 Å². The van der Waals surface area contributed by atoms with Gasteiger partial charge < -0.3 is 18.9 Å². The Kier molecular flexibility index (Phi) is 9.02. The van der Waals surface area contributed by atoms with E-state index in [1.807, 2.05) is 0 Å². The summed E-state index contributed by atoms with van der Waals surface area (Å²) in [6.45, 7) is 1.90. The predicted octanol–water partition coefficient (Wildman–Crippen LogP) is 3.81. The van der Waals surface area contributed by atoms with Crippen LogP contribution in [-0.2, 0) is 25.5 Å². The monoisotopic (exact) mass is 489 g/mol. The second kappa shape index (κ2) is 11.2. The maximum absolute atomic E-state index is 13.9. The van der Waals surface area contributed by atoms with Gasteiger partial charge in [-0.25, -0.2) is 14.0 Å². The van der Waals surface area contributed by atoms with Gasteiger partial charge in [0.15, 0.2) is 6.79 Å². The molecule has 1 N–H and O–H groups in total. The van der Waals surface area contributed by atoms with E-state index in [0.717, 1.165) is 3.79 Å². The molecular formula is C19H21BrFNO6S. The Morgan fingerprint density at radius 3 is 2.69 bits per heavy atom. The molecule has 2 rings (SSSR count). The van der Waals surface area contributed by atoms with E-state index in [9.17, 15) is 14.0 Å². The maximum Gasteiger partial charge on any atom is 0.339 e. The van der Waals surface area contributed by atoms with Crippen LogP contribution in [0.4, 0.5) is 4.39 Å². The number of carbonyl (C=O) groups is 2. The van der Waals surface area contributed by atoms with Gasteiger partial charge in [-0.2, -0.15) is 0 Å². The lowest BCUT2D eigenvalue weighted by atomic mass is 10.0. The van der Waals surface area contributed by atoms with Gasteiger partial charge in [-0.05, 0) is 47.1 Å². The minimum absolute atomic E-state index is 0.0709.